The number of aromatic nitrogens is 2. The normalized spacial score (nSPS) is 13.0. The zero-order chi connectivity index (χ0) is 13.0. The van der Waals surface area contributed by atoms with Crippen LogP contribution in [0.4, 0.5) is 0 Å². The van der Waals surface area contributed by atoms with Gasteiger partial charge in [0.15, 0.2) is 0 Å². The number of fused-ring (bicyclic) bond motifs is 1. The minimum Gasteiger partial charge on any atom is -0.381 e. The van der Waals surface area contributed by atoms with Crippen LogP contribution >= 0.6 is 15.9 Å². The van der Waals surface area contributed by atoms with Crippen molar-refractivity contribution in [2.75, 3.05) is 19.0 Å². The van der Waals surface area contributed by atoms with E-state index in [0.29, 0.717) is 24.7 Å². The van der Waals surface area contributed by atoms with Crippen LogP contribution in [-0.2, 0) is 21.3 Å². The number of ether oxygens (including phenoxy) is 1. The highest BCUT2D eigenvalue weighted by Gasteiger charge is 2.06. The standard InChI is InChI=1S/C12H15BrN2O2S/c1-2-17-5-6-18(16)9-11-8-15-7-10(13)3-4-12(15)14-11/h3-4,7-8H,2,5-6,9H2,1H3/t18-/m1/s1. The first-order valence-corrected chi connectivity index (χ1v) is 8.03. The molecule has 4 nitrogen and oxygen atoms in total. The van der Waals surface area contributed by atoms with E-state index >= 15 is 0 Å². The van der Waals surface area contributed by atoms with Crippen molar-refractivity contribution in [1.29, 1.82) is 0 Å². The average molecular weight is 331 g/mol. The molecule has 18 heavy (non-hydrogen) atoms. The second kappa shape index (κ2) is 6.45. The largest absolute Gasteiger partial charge is 0.381 e. The van der Waals surface area contributed by atoms with Gasteiger partial charge in [-0.25, -0.2) is 4.98 Å². The molecule has 2 rings (SSSR count). The molecule has 0 unspecified atom stereocenters. The fourth-order valence-corrected chi connectivity index (χ4v) is 2.89. The Kier molecular flexibility index (Phi) is 4.91. The van der Waals surface area contributed by atoms with Crippen LogP contribution in [0.1, 0.15) is 12.6 Å². The van der Waals surface area contributed by atoms with Gasteiger partial charge in [0.1, 0.15) is 5.65 Å². The van der Waals surface area contributed by atoms with Gasteiger partial charge < -0.3 is 9.14 Å². The molecule has 1 atom stereocenters. The molecule has 0 bridgehead atoms. The topological polar surface area (TPSA) is 43.6 Å². The van der Waals surface area contributed by atoms with E-state index in [-0.39, 0.29) is 0 Å². The zero-order valence-corrected chi connectivity index (χ0v) is 12.5. The molecule has 0 radical (unpaired) electrons. The van der Waals surface area contributed by atoms with Gasteiger partial charge in [-0.3, -0.25) is 4.21 Å². The molecule has 0 amide bonds. The summed E-state index contributed by atoms with van der Waals surface area (Å²) in [5.74, 6) is 1.04. The Morgan fingerprint density at radius 2 is 2.28 bits per heavy atom. The van der Waals surface area contributed by atoms with Crippen LogP contribution in [0.3, 0.4) is 0 Å². The molecule has 0 aliphatic heterocycles. The fraction of sp³-hybridized carbons (Fsp3) is 0.417. The molecule has 0 aromatic carbocycles. The molecule has 0 N–H and O–H groups in total. The van der Waals surface area contributed by atoms with Crippen molar-refractivity contribution in [2.24, 2.45) is 0 Å². The van der Waals surface area contributed by atoms with Crippen LogP contribution in [-0.4, -0.2) is 32.6 Å². The predicted octanol–water partition coefficient (Wildman–Crippen LogP) is 2.38. The first kappa shape index (κ1) is 13.7. The van der Waals surface area contributed by atoms with Crippen LogP contribution in [0.15, 0.2) is 29.0 Å². The number of rotatable bonds is 6. The maximum atomic E-state index is 11.8. The Morgan fingerprint density at radius 1 is 1.44 bits per heavy atom. The number of hydrogen-bond acceptors (Lipinski definition) is 3. The Morgan fingerprint density at radius 3 is 3.06 bits per heavy atom. The van der Waals surface area contributed by atoms with Gasteiger partial charge >= 0.3 is 0 Å². The van der Waals surface area contributed by atoms with Crippen molar-refractivity contribution in [3.63, 3.8) is 0 Å². The summed E-state index contributed by atoms with van der Waals surface area (Å²) in [6, 6.07) is 3.87. The third-order valence-corrected chi connectivity index (χ3v) is 4.14. The molecule has 2 heterocycles. The maximum absolute atomic E-state index is 11.8. The molecule has 2 aromatic rings. The third kappa shape index (κ3) is 3.63. The van der Waals surface area contributed by atoms with Gasteiger partial charge in [0.25, 0.3) is 0 Å². The summed E-state index contributed by atoms with van der Waals surface area (Å²) < 4.78 is 19.9. The van der Waals surface area contributed by atoms with E-state index in [9.17, 15) is 4.21 Å². The van der Waals surface area contributed by atoms with Crippen LogP contribution in [0.2, 0.25) is 0 Å². The summed E-state index contributed by atoms with van der Waals surface area (Å²) in [5.41, 5.74) is 1.72. The monoisotopic (exact) mass is 330 g/mol. The van der Waals surface area contributed by atoms with Gasteiger partial charge in [-0.05, 0) is 35.0 Å². The minimum absolute atomic E-state index is 0.479. The van der Waals surface area contributed by atoms with E-state index in [1.165, 1.54) is 0 Å². The summed E-state index contributed by atoms with van der Waals surface area (Å²) in [6.07, 6.45) is 3.85. The molecule has 0 saturated heterocycles. The van der Waals surface area contributed by atoms with Gasteiger partial charge in [0.05, 0.1) is 18.1 Å². The lowest BCUT2D eigenvalue weighted by Crippen LogP contribution is -2.08. The van der Waals surface area contributed by atoms with Gasteiger partial charge in [-0.2, -0.15) is 0 Å². The smallest absolute Gasteiger partial charge is 0.137 e. The highest BCUT2D eigenvalue weighted by molar-refractivity contribution is 9.10. The molecule has 0 aliphatic carbocycles. The van der Waals surface area contributed by atoms with Crippen LogP contribution < -0.4 is 0 Å². The fourth-order valence-electron chi connectivity index (χ4n) is 1.62. The van der Waals surface area contributed by atoms with Crippen molar-refractivity contribution < 1.29 is 8.95 Å². The molecule has 0 saturated carbocycles. The number of imidazole rings is 1. The van der Waals surface area contributed by atoms with Gasteiger partial charge in [-0.1, -0.05) is 0 Å². The molecular formula is C12H15BrN2O2S. The lowest BCUT2D eigenvalue weighted by atomic mass is 10.5. The summed E-state index contributed by atoms with van der Waals surface area (Å²) >= 11 is 3.41. The first-order valence-electron chi connectivity index (χ1n) is 5.75. The Bertz CT molecular complexity index is 556. The molecule has 0 aliphatic rings. The maximum Gasteiger partial charge on any atom is 0.137 e. The second-order valence-corrected chi connectivity index (χ2v) is 6.32. The van der Waals surface area contributed by atoms with Gasteiger partial charge in [0, 0.05) is 40.0 Å². The van der Waals surface area contributed by atoms with E-state index in [1.807, 2.05) is 35.9 Å². The quantitative estimate of drug-likeness (QED) is 0.764. The third-order valence-electron chi connectivity index (χ3n) is 2.43. The second-order valence-electron chi connectivity index (χ2n) is 3.83. The number of nitrogens with zero attached hydrogens (tertiary/aromatic N) is 2. The molecule has 0 fully saturated rings. The van der Waals surface area contributed by atoms with E-state index in [4.69, 9.17) is 4.74 Å². The molecule has 98 valence electrons. The number of pyridine rings is 1. The highest BCUT2D eigenvalue weighted by atomic mass is 79.9. The molecule has 6 heteroatoms. The minimum atomic E-state index is -0.917. The van der Waals surface area contributed by atoms with Crippen LogP contribution in [0, 0.1) is 0 Å². The Hall–Kier alpha value is -0.720. The summed E-state index contributed by atoms with van der Waals surface area (Å²) in [7, 11) is -0.917. The van der Waals surface area contributed by atoms with Gasteiger partial charge in [-0.15, -0.1) is 0 Å². The summed E-state index contributed by atoms with van der Waals surface area (Å²) in [5, 5.41) is 0. The Balaban J connectivity index is 2.01. The van der Waals surface area contributed by atoms with E-state index in [0.717, 1.165) is 15.8 Å². The van der Waals surface area contributed by atoms with E-state index < -0.39 is 10.8 Å². The average Bonchev–Trinajstić information content (AvgIpc) is 2.70. The number of halogens is 1. The number of hydrogen-bond donors (Lipinski definition) is 0. The zero-order valence-electron chi connectivity index (χ0n) is 10.1. The van der Waals surface area contributed by atoms with E-state index in [2.05, 4.69) is 20.9 Å². The first-order chi connectivity index (χ1) is 8.69. The Labute approximate surface area is 117 Å². The van der Waals surface area contributed by atoms with Crippen molar-refractivity contribution >= 4 is 32.4 Å². The van der Waals surface area contributed by atoms with Crippen LogP contribution in [0.25, 0.3) is 5.65 Å². The van der Waals surface area contributed by atoms with E-state index in [1.54, 1.807) is 0 Å². The van der Waals surface area contributed by atoms with Crippen molar-refractivity contribution in [1.82, 2.24) is 9.38 Å². The van der Waals surface area contributed by atoms with Crippen molar-refractivity contribution in [3.05, 3.63) is 34.7 Å². The predicted molar refractivity (Wildman–Crippen MR) is 76.1 cm³/mol. The highest BCUT2D eigenvalue weighted by Crippen LogP contribution is 2.13. The van der Waals surface area contributed by atoms with Crippen LogP contribution in [0.5, 0.6) is 0 Å². The van der Waals surface area contributed by atoms with Gasteiger partial charge in [0.2, 0.25) is 0 Å². The lowest BCUT2D eigenvalue weighted by Gasteiger charge is -2.00. The SMILES string of the molecule is CCOCC[S@@](=O)Cc1cn2cc(Br)ccc2n1. The molecule has 2 aromatic heterocycles. The van der Waals surface area contributed by atoms with Crippen molar-refractivity contribution in [2.45, 2.75) is 12.7 Å². The van der Waals surface area contributed by atoms with Crippen molar-refractivity contribution in [3.8, 4) is 0 Å². The molecular weight excluding hydrogens is 316 g/mol. The summed E-state index contributed by atoms with van der Waals surface area (Å²) in [6.45, 7) is 3.14. The summed E-state index contributed by atoms with van der Waals surface area (Å²) in [4.78, 5) is 4.43. The molecule has 0 spiro atoms. The lowest BCUT2D eigenvalue weighted by molar-refractivity contribution is 0.164.